The fourth-order valence-corrected chi connectivity index (χ4v) is 2.24. The first-order chi connectivity index (χ1) is 9.52. The van der Waals surface area contributed by atoms with E-state index in [-0.39, 0.29) is 75.3 Å². The number of aliphatic hydroxyl groups excluding tert-OH is 3. The van der Waals surface area contributed by atoms with Gasteiger partial charge in [0.05, 0.1) is 12.9 Å². The van der Waals surface area contributed by atoms with Gasteiger partial charge in [0.2, 0.25) is 5.95 Å². The molecule has 25 heavy (non-hydrogen) atoms. The van der Waals surface area contributed by atoms with Crippen molar-refractivity contribution < 1.29 is 65.9 Å². The van der Waals surface area contributed by atoms with Gasteiger partial charge in [0.1, 0.15) is 18.3 Å². The number of rotatable bonds is 2. The van der Waals surface area contributed by atoms with E-state index in [2.05, 4.69) is 15.0 Å². The Bertz CT molecular complexity index is 717. The van der Waals surface area contributed by atoms with Crippen LogP contribution in [0.4, 0.5) is 5.95 Å². The van der Waals surface area contributed by atoms with E-state index in [1.165, 1.54) is 10.9 Å². The summed E-state index contributed by atoms with van der Waals surface area (Å²) in [5, 5.41) is 28.7. The molecule has 12 nitrogen and oxygen atoms in total. The van der Waals surface area contributed by atoms with Gasteiger partial charge in [-0.1, -0.05) is 0 Å². The van der Waals surface area contributed by atoms with Gasteiger partial charge < -0.3 is 62.9 Å². The molecule has 15 heteroatoms. The van der Waals surface area contributed by atoms with E-state index >= 15 is 0 Å². The molecule has 1 aliphatic heterocycles. The van der Waals surface area contributed by atoms with Crippen LogP contribution in [0.3, 0.4) is 0 Å². The van der Waals surface area contributed by atoms with E-state index in [4.69, 9.17) is 15.6 Å². The zero-order valence-electron chi connectivity index (χ0n) is 12.7. The zero-order chi connectivity index (χ0) is 14.4. The average Bonchev–Trinajstić information content (AvgIpc) is 2.93. The summed E-state index contributed by atoms with van der Waals surface area (Å²) >= 11 is 0. The summed E-state index contributed by atoms with van der Waals surface area (Å²) in [6, 6.07) is 0. The van der Waals surface area contributed by atoms with Crippen molar-refractivity contribution in [1.82, 2.24) is 31.8 Å². The summed E-state index contributed by atoms with van der Waals surface area (Å²) in [5.74, 6) is -0.101. The number of fused-ring (bicyclic) bond motifs is 1. The minimum atomic E-state index is -1.29. The molecule has 3 heterocycles. The van der Waals surface area contributed by atoms with Gasteiger partial charge in [0.15, 0.2) is 17.4 Å². The van der Waals surface area contributed by atoms with Crippen molar-refractivity contribution in [2.75, 3.05) is 12.3 Å². The SMILES string of the molecule is N.N.Nc1nc2c(ncn2[C@@H]2O[C@H](CO)[C@@H](O)[C@H]2O)c(=O)[nH]1.[Cl-].[Cl-].[Pt+2]. The van der Waals surface area contributed by atoms with Crippen LogP contribution < -0.4 is 48.4 Å². The van der Waals surface area contributed by atoms with Crippen LogP contribution in [0.2, 0.25) is 0 Å². The second-order valence-corrected chi connectivity index (χ2v) is 4.50. The minimum absolute atomic E-state index is 0. The molecule has 1 saturated heterocycles. The third-order valence-electron chi connectivity index (χ3n) is 3.24. The van der Waals surface area contributed by atoms with Crippen LogP contribution in [0.15, 0.2) is 11.1 Å². The van der Waals surface area contributed by atoms with Crippen LogP contribution in [0.1, 0.15) is 6.23 Å². The summed E-state index contributed by atoms with van der Waals surface area (Å²) < 4.78 is 6.64. The number of aromatic nitrogens is 4. The molecular formula is C10H19Cl2N7O5Pt. The summed E-state index contributed by atoms with van der Waals surface area (Å²) in [6.07, 6.45) is -3.21. The molecule has 0 aliphatic carbocycles. The van der Waals surface area contributed by atoms with Crippen LogP contribution in [-0.4, -0.2) is 59.8 Å². The Morgan fingerprint density at radius 2 is 1.88 bits per heavy atom. The van der Waals surface area contributed by atoms with E-state index in [1.54, 1.807) is 0 Å². The fourth-order valence-electron chi connectivity index (χ4n) is 2.24. The van der Waals surface area contributed by atoms with Crippen molar-refractivity contribution in [3.05, 3.63) is 16.7 Å². The first-order valence-electron chi connectivity index (χ1n) is 5.87. The third kappa shape index (κ3) is 4.88. The number of nitrogen functional groups attached to an aromatic ring is 1. The number of aliphatic hydroxyl groups is 3. The molecule has 148 valence electrons. The molecule has 0 bridgehead atoms. The van der Waals surface area contributed by atoms with Gasteiger partial charge in [-0.3, -0.25) is 14.3 Å². The molecule has 4 atom stereocenters. The smallest absolute Gasteiger partial charge is 1.00 e. The van der Waals surface area contributed by atoms with E-state index in [0.717, 1.165) is 0 Å². The first-order valence-corrected chi connectivity index (χ1v) is 5.87. The number of hydrogen-bond acceptors (Lipinski definition) is 10. The number of nitrogens with two attached hydrogens (primary N) is 1. The van der Waals surface area contributed by atoms with Gasteiger partial charge in [0.25, 0.3) is 5.56 Å². The summed E-state index contributed by atoms with van der Waals surface area (Å²) in [4.78, 5) is 21.8. The Labute approximate surface area is 168 Å². The van der Waals surface area contributed by atoms with Gasteiger partial charge in [-0.25, -0.2) is 4.98 Å². The molecule has 1 aliphatic rings. The van der Waals surface area contributed by atoms with Gasteiger partial charge in [-0.05, 0) is 0 Å². The van der Waals surface area contributed by atoms with Crippen LogP contribution in [-0.2, 0) is 25.8 Å². The first kappa shape index (κ1) is 29.0. The summed E-state index contributed by atoms with van der Waals surface area (Å²) in [7, 11) is 0. The predicted octanol–water partition coefficient (Wildman–Crippen LogP) is -8.36. The zero-order valence-corrected chi connectivity index (χ0v) is 16.4. The van der Waals surface area contributed by atoms with Crippen LogP contribution in [0.5, 0.6) is 0 Å². The number of H-pyrrole nitrogens is 1. The number of anilines is 1. The number of halogens is 2. The van der Waals surface area contributed by atoms with Crippen molar-refractivity contribution in [2.24, 2.45) is 0 Å². The molecule has 0 radical (unpaired) electrons. The number of nitrogens with zero attached hydrogens (tertiary/aromatic N) is 3. The molecule has 3 rings (SSSR count). The van der Waals surface area contributed by atoms with Crippen molar-refractivity contribution in [3.63, 3.8) is 0 Å². The van der Waals surface area contributed by atoms with E-state index < -0.39 is 36.7 Å². The topological polar surface area (TPSA) is 230 Å². The van der Waals surface area contributed by atoms with Crippen LogP contribution >= 0.6 is 0 Å². The maximum atomic E-state index is 11.7. The van der Waals surface area contributed by atoms with Gasteiger partial charge in [-0.15, -0.1) is 0 Å². The van der Waals surface area contributed by atoms with Crippen molar-refractivity contribution in [3.8, 4) is 0 Å². The van der Waals surface area contributed by atoms with Crippen LogP contribution in [0, 0.1) is 0 Å². The molecule has 2 aromatic heterocycles. The quantitative estimate of drug-likeness (QED) is 0.177. The molecule has 0 amide bonds. The molecule has 0 unspecified atom stereocenters. The number of hydrogen-bond donors (Lipinski definition) is 7. The Kier molecular flexibility index (Phi) is 12.8. The molecule has 0 saturated carbocycles. The molecule has 1 fully saturated rings. The van der Waals surface area contributed by atoms with Crippen molar-refractivity contribution in [1.29, 1.82) is 0 Å². The van der Waals surface area contributed by atoms with E-state index in [0.29, 0.717) is 0 Å². The Balaban J connectivity index is -0.000000968. The van der Waals surface area contributed by atoms with Gasteiger partial charge in [-0.2, -0.15) is 4.98 Å². The predicted molar refractivity (Wildman–Crippen MR) is 75.6 cm³/mol. The monoisotopic (exact) mass is 582 g/mol. The summed E-state index contributed by atoms with van der Waals surface area (Å²) in [5.41, 5.74) is 5.12. The van der Waals surface area contributed by atoms with E-state index in [9.17, 15) is 15.0 Å². The van der Waals surface area contributed by atoms with Crippen molar-refractivity contribution >= 4 is 17.1 Å². The second kappa shape index (κ2) is 11.0. The number of aromatic amines is 1. The maximum absolute atomic E-state index is 11.7. The number of imidazole rings is 1. The van der Waals surface area contributed by atoms with Gasteiger partial charge in [0, 0.05) is 0 Å². The summed E-state index contributed by atoms with van der Waals surface area (Å²) in [6.45, 7) is -0.447. The molecule has 2 aromatic rings. The maximum Gasteiger partial charge on any atom is 2.00 e. The van der Waals surface area contributed by atoms with E-state index in [1.807, 2.05) is 0 Å². The molecule has 12 N–H and O–H groups in total. The standard InChI is InChI=1S/C10H13N5O5.2ClH.2H3N.Pt/c11-10-13-7-4(8(19)14-10)12-2-15(7)9-6(18)5(17)3(1-16)20-9;;;;;/h2-3,5-6,9,16-18H,1H2,(H3,11,13,14,19);2*1H;2*1H3;/q;;;;;+2/p-2/t3-,5-,6-,9-;;;;;/m1...../s1. The van der Waals surface area contributed by atoms with Gasteiger partial charge >= 0.3 is 21.1 Å². The largest absolute Gasteiger partial charge is 2.00 e. The Hall–Kier alpha value is -0.822. The minimum Gasteiger partial charge on any atom is -1.00 e. The van der Waals surface area contributed by atoms with Crippen LogP contribution in [0.25, 0.3) is 11.2 Å². The Morgan fingerprint density at radius 3 is 2.40 bits per heavy atom. The second-order valence-electron chi connectivity index (χ2n) is 4.50. The molecule has 0 aromatic carbocycles. The number of nitrogens with one attached hydrogen (secondary N) is 1. The third-order valence-corrected chi connectivity index (χ3v) is 3.24. The normalized spacial score (nSPS) is 24.1. The Morgan fingerprint density at radius 1 is 1.28 bits per heavy atom. The molecule has 0 spiro atoms. The molecular weight excluding hydrogens is 564 g/mol. The fraction of sp³-hybridized carbons (Fsp3) is 0.500. The number of ether oxygens (including phenoxy) is 1. The average molecular weight is 583 g/mol. The van der Waals surface area contributed by atoms with Crippen molar-refractivity contribution in [2.45, 2.75) is 24.5 Å².